The van der Waals surface area contributed by atoms with Crippen molar-refractivity contribution in [2.45, 2.75) is 25.0 Å². The summed E-state index contributed by atoms with van der Waals surface area (Å²) in [5.41, 5.74) is 1.56. The Balaban J connectivity index is 1.46. The zero-order valence-corrected chi connectivity index (χ0v) is 14.6. The van der Waals surface area contributed by atoms with Crippen LogP contribution < -0.4 is 4.90 Å². The molecular formula is C18H19FN8. The van der Waals surface area contributed by atoms with Gasteiger partial charge in [0.1, 0.15) is 17.8 Å². The average molecular weight is 366 g/mol. The third-order valence-electron chi connectivity index (χ3n) is 5.14. The van der Waals surface area contributed by atoms with Gasteiger partial charge in [0.2, 0.25) is 5.95 Å². The van der Waals surface area contributed by atoms with Crippen LogP contribution in [0.4, 0.5) is 10.3 Å². The minimum atomic E-state index is -0.294. The van der Waals surface area contributed by atoms with Crippen molar-refractivity contribution in [3.63, 3.8) is 0 Å². The van der Waals surface area contributed by atoms with Gasteiger partial charge in [-0.25, -0.2) is 14.5 Å². The number of fused-ring (bicyclic) bond motifs is 1. The predicted molar refractivity (Wildman–Crippen MR) is 99.0 cm³/mol. The fourth-order valence-electron chi connectivity index (χ4n) is 3.88. The summed E-state index contributed by atoms with van der Waals surface area (Å²) in [7, 11) is 0. The van der Waals surface area contributed by atoms with Crippen LogP contribution in [0.1, 0.15) is 24.7 Å². The van der Waals surface area contributed by atoms with Gasteiger partial charge in [0.25, 0.3) is 0 Å². The molecule has 3 aromatic heterocycles. The molecule has 0 saturated carbocycles. The van der Waals surface area contributed by atoms with E-state index in [0.29, 0.717) is 5.65 Å². The quantitative estimate of drug-likeness (QED) is 0.769. The van der Waals surface area contributed by atoms with Crippen LogP contribution in [0.3, 0.4) is 0 Å². The van der Waals surface area contributed by atoms with Crippen molar-refractivity contribution in [3.8, 4) is 0 Å². The molecule has 2 aliphatic heterocycles. The fraction of sp³-hybridized carbons (Fsp3) is 0.333. The van der Waals surface area contributed by atoms with Crippen molar-refractivity contribution < 1.29 is 4.39 Å². The number of piperidine rings is 1. The fourth-order valence-corrected chi connectivity index (χ4v) is 3.88. The number of nitrogens with zero attached hydrogens (tertiary/aromatic N) is 7. The summed E-state index contributed by atoms with van der Waals surface area (Å²) in [5, 5.41) is 6.90. The molecule has 2 atom stereocenters. The Bertz CT molecular complexity index is 992. The molecule has 0 radical (unpaired) electrons. The van der Waals surface area contributed by atoms with Gasteiger partial charge in [0, 0.05) is 37.7 Å². The molecule has 1 saturated heterocycles. The smallest absolute Gasteiger partial charge is 0.221 e. The average Bonchev–Trinajstić information content (AvgIpc) is 3.38. The molecule has 27 heavy (non-hydrogen) atoms. The van der Waals surface area contributed by atoms with E-state index in [2.05, 4.69) is 41.2 Å². The van der Waals surface area contributed by atoms with Gasteiger partial charge in [-0.05, 0) is 31.1 Å². The summed E-state index contributed by atoms with van der Waals surface area (Å²) in [6.45, 7) is 1.76. The van der Waals surface area contributed by atoms with Gasteiger partial charge in [-0.1, -0.05) is 0 Å². The van der Waals surface area contributed by atoms with E-state index in [-0.39, 0.29) is 18.0 Å². The van der Waals surface area contributed by atoms with E-state index >= 15 is 0 Å². The number of aromatic nitrogens is 5. The highest BCUT2D eigenvalue weighted by atomic mass is 19.1. The van der Waals surface area contributed by atoms with Crippen LogP contribution in [0.5, 0.6) is 0 Å². The normalized spacial score (nSPS) is 22.7. The summed E-state index contributed by atoms with van der Waals surface area (Å²) in [4.78, 5) is 17.8. The van der Waals surface area contributed by atoms with Crippen LogP contribution >= 0.6 is 0 Å². The third-order valence-corrected chi connectivity index (χ3v) is 5.14. The van der Waals surface area contributed by atoms with E-state index in [0.717, 1.165) is 37.6 Å². The first-order valence-electron chi connectivity index (χ1n) is 9.00. The SMILES string of the molecule is Fc1ccc2ncc(C3N=CC=CN3C3CCCN(c4ncn[nH]4)C3)n2c1. The number of aliphatic imine (C=N–C) groups is 1. The molecule has 1 fully saturated rings. The number of aromatic amines is 1. The first-order valence-corrected chi connectivity index (χ1v) is 9.00. The van der Waals surface area contributed by atoms with Crippen molar-refractivity contribution in [3.05, 3.63) is 54.6 Å². The van der Waals surface area contributed by atoms with Crippen molar-refractivity contribution in [2.75, 3.05) is 18.0 Å². The number of allylic oxidation sites excluding steroid dienone is 1. The van der Waals surface area contributed by atoms with E-state index in [1.54, 1.807) is 22.9 Å². The Morgan fingerprint density at radius 1 is 1.22 bits per heavy atom. The van der Waals surface area contributed by atoms with E-state index in [9.17, 15) is 4.39 Å². The lowest BCUT2D eigenvalue weighted by Crippen LogP contribution is -2.48. The monoisotopic (exact) mass is 366 g/mol. The number of hydrogen-bond acceptors (Lipinski definition) is 6. The molecule has 5 rings (SSSR count). The maximum atomic E-state index is 13.8. The molecule has 138 valence electrons. The minimum Gasteiger partial charge on any atom is -0.346 e. The first kappa shape index (κ1) is 16.0. The highest BCUT2D eigenvalue weighted by Gasteiger charge is 2.32. The molecule has 1 N–H and O–H groups in total. The van der Waals surface area contributed by atoms with Gasteiger partial charge in [-0.2, -0.15) is 10.1 Å². The molecule has 5 heterocycles. The molecule has 3 aromatic rings. The molecule has 0 spiro atoms. The Kier molecular flexibility index (Phi) is 3.84. The van der Waals surface area contributed by atoms with E-state index in [4.69, 9.17) is 0 Å². The number of imidazole rings is 1. The summed E-state index contributed by atoms with van der Waals surface area (Å²) >= 11 is 0. The maximum Gasteiger partial charge on any atom is 0.221 e. The van der Waals surface area contributed by atoms with Crippen LogP contribution in [-0.4, -0.2) is 54.8 Å². The lowest BCUT2D eigenvalue weighted by atomic mass is 10.0. The Morgan fingerprint density at radius 3 is 3.07 bits per heavy atom. The maximum absolute atomic E-state index is 13.8. The lowest BCUT2D eigenvalue weighted by Gasteiger charge is -2.41. The zero-order chi connectivity index (χ0) is 18.2. The molecular weight excluding hydrogens is 347 g/mol. The van der Waals surface area contributed by atoms with Crippen LogP contribution in [0.2, 0.25) is 0 Å². The van der Waals surface area contributed by atoms with Crippen molar-refractivity contribution in [1.29, 1.82) is 0 Å². The van der Waals surface area contributed by atoms with Crippen molar-refractivity contribution >= 4 is 17.8 Å². The van der Waals surface area contributed by atoms with Gasteiger partial charge in [-0.3, -0.25) is 9.39 Å². The largest absolute Gasteiger partial charge is 0.346 e. The molecule has 2 unspecified atom stereocenters. The highest BCUT2D eigenvalue weighted by molar-refractivity contribution is 5.72. The van der Waals surface area contributed by atoms with Gasteiger partial charge in [-0.15, -0.1) is 0 Å². The van der Waals surface area contributed by atoms with Gasteiger partial charge in [0.15, 0.2) is 6.17 Å². The second-order valence-corrected chi connectivity index (χ2v) is 6.77. The number of hydrogen-bond donors (Lipinski definition) is 1. The Hall–Kier alpha value is -3.23. The van der Waals surface area contributed by atoms with E-state index in [1.807, 2.05) is 6.08 Å². The van der Waals surface area contributed by atoms with E-state index in [1.165, 1.54) is 18.6 Å². The topological polar surface area (TPSA) is 77.7 Å². The van der Waals surface area contributed by atoms with E-state index < -0.39 is 0 Å². The number of anilines is 1. The molecule has 0 bridgehead atoms. The number of rotatable bonds is 3. The number of halogens is 1. The lowest BCUT2D eigenvalue weighted by molar-refractivity contribution is 0.182. The van der Waals surface area contributed by atoms with Gasteiger partial charge < -0.3 is 9.80 Å². The van der Waals surface area contributed by atoms with Crippen molar-refractivity contribution in [2.24, 2.45) is 4.99 Å². The number of nitrogens with one attached hydrogen (secondary N) is 1. The van der Waals surface area contributed by atoms with Crippen LogP contribution in [0.15, 0.2) is 48.1 Å². The molecule has 8 nitrogen and oxygen atoms in total. The summed E-state index contributed by atoms with van der Waals surface area (Å²) in [6.07, 6.45) is 12.4. The molecule has 2 aliphatic rings. The summed E-state index contributed by atoms with van der Waals surface area (Å²) in [6, 6.07) is 3.35. The van der Waals surface area contributed by atoms with Gasteiger partial charge in [0.05, 0.1) is 11.9 Å². The molecule has 0 amide bonds. The number of pyridine rings is 1. The molecule has 9 heteroatoms. The summed E-state index contributed by atoms with van der Waals surface area (Å²) in [5.74, 6) is 0.496. The summed E-state index contributed by atoms with van der Waals surface area (Å²) < 4.78 is 15.6. The first-order chi connectivity index (χ1) is 13.3. The van der Waals surface area contributed by atoms with Gasteiger partial charge >= 0.3 is 0 Å². The van der Waals surface area contributed by atoms with Crippen LogP contribution in [0.25, 0.3) is 5.65 Å². The second kappa shape index (κ2) is 6.49. The van der Waals surface area contributed by atoms with Crippen molar-refractivity contribution in [1.82, 2.24) is 29.5 Å². The Labute approximate surface area is 155 Å². The predicted octanol–water partition coefficient (Wildman–Crippen LogP) is 2.16. The minimum absolute atomic E-state index is 0.244. The highest BCUT2D eigenvalue weighted by Crippen LogP contribution is 2.31. The molecule has 0 aliphatic carbocycles. The third kappa shape index (κ3) is 2.84. The number of H-pyrrole nitrogens is 1. The van der Waals surface area contributed by atoms with Crippen LogP contribution in [0, 0.1) is 5.82 Å². The molecule has 0 aromatic carbocycles. The standard InChI is InChI=1S/C18H19FN8/c19-13-4-5-16-21-9-15(27(16)10-13)17-20-6-2-8-26(17)14-3-1-7-25(11-14)18-22-12-23-24-18/h2,4-6,8-10,12,14,17H,1,3,7,11H2,(H,22,23,24). The zero-order valence-electron chi connectivity index (χ0n) is 14.6. The second-order valence-electron chi connectivity index (χ2n) is 6.77. The van der Waals surface area contributed by atoms with Crippen LogP contribution in [-0.2, 0) is 0 Å². The Morgan fingerprint density at radius 2 is 2.19 bits per heavy atom.